The summed E-state index contributed by atoms with van der Waals surface area (Å²) < 4.78 is 25.9. The van der Waals surface area contributed by atoms with Gasteiger partial charge in [-0.05, 0) is 0 Å². The minimum absolute atomic E-state index is 0. The second-order valence-electron chi connectivity index (χ2n) is 1.74. The van der Waals surface area contributed by atoms with Gasteiger partial charge in [0.25, 0.3) is 10.1 Å². The molecule has 0 aliphatic rings. The van der Waals surface area contributed by atoms with Gasteiger partial charge < -0.3 is 10.2 Å². The van der Waals surface area contributed by atoms with Crippen LogP contribution < -0.4 is 0 Å². The Kier molecular flexibility index (Phi) is 11.3. The Morgan fingerprint density at radius 3 is 1.29 bits per heavy atom. The van der Waals surface area contributed by atoms with Gasteiger partial charge in [-0.1, -0.05) is 0 Å². The third kappa shape index (κ3) is 70.5. The predicted octanol–water partition coefficient (Wildman–Crippen LogP) is -0.362. The van der Waals surface area contributed by atoms with Crippen molar-refractivity contribution in [2.45, 2.75) is 0 Å². The molecule has 0 saturated heterocycles. The average Bonchev–Trinajstić information content (AvgIpc) is 1.79. The van der Waals surface area contributed by atoms with Crippen LogP contribution in [-0.2, 0) is 19.7 Å². The Labute approximate surface area is 86.2 Å². The van der Waals surface area contributed by atoms with Gasteiger partial charge in [-0.3, -0.25) is 4.55 Å². The second kappa shape index (κ2) is 8.48. The fourth-order valence-corrected chi connectivity index (χ4v) is 0.143. The first kappa shape index (κ1) is 18.6. The van der Waals surface area contributed by atoms with Gasteiger partial charge in [0.1, 0.15) is 0 Å². The number of carboxylic acids is 2. The lowest BCUT2D eigenvalue weighted by atomic mass is 10.5. The van der Waals surface area contributed by atoms with Crippen LogP contribution in [0.15, 0.2) is 12.2 Å². The first-order valence-electron chi connectivity index (χ1n) is 2.69. The van der Waals surface area contributed by atoms with Gasteiger partial charge in [-0.2, -0.15) is 8.42 Å². The quantitative estimate of drug-likeness (QED) is 0.449. The van der Waals surface area contributed by atoms with Crippen LogP contribution in [0.3, 0.4) is 0 Å². The molecule has 14 heavy (non-hydrogen) atoms. The Morgan fingerprint density at radius 2 is 1.21 bits per heavy atom. The standard InChI is InChI=1S/C4H4O4.CH4O3S.ClH/c5-3(6)1-2-4(7)8;1-5(2,3)4;/h1-2H,(H,5,6)(H,7,8);1H3,(H,2,3,4);1H. The highest BCUT2D eigenvalue weighted by Crippen LogP contribution is 1.70. The molecule has 7 nitrogen and oxygen atoms in total. The molecule has 0 radical (unpaired) electrons. The largest absolute Gasteiger partial charge is 0.478 e. The van der Waals surface area contributed by atoms with Crippen LogP contribution in [0.5, 0.6) is 0 Å². The molecule has 3 N–H and O–H groups in total. The van der Waals surface area contributed by atoms with Crippen LogP contribution in [0.4, 0.5) is 0 Å². The molecule has 0 unspecified atom stereocenters. The molecule has 0 rings (SSSR count). The molecule has 0 amide bonds. The van der Waals surface area contributed by atoms with E-state index in [1.807, 2.05) is 0 Å². The van der Waals surface area contributed by atoms with E-state index in [0.29, 0.717) is 18.4 Å². The molecule has 84 valence electrons. The summed E-state index contributed by atoms with van der Waals surface area (Å²) in [6.07, 6.45) is 1.83. The lowest BCUT2D eigenvalue weighted by Crippen LogP contribution is -1.91. The molecule has 0 bridgehead atoms. The van der Waals surface area contributed by atoms with Crippen LogP contribution >= 0.6 is 12.4 Å². The number of halogens is 1. The summed E-state index contributed by atoms with van der Waals surface area (Å²) >= 11 is 0. The first-order valence-corrected chi connectivity index (χ1v) is 4.54. The Balaban J connectivity index is -0.000000177. The molecule has 0 fully saturated rings. The molecular formula is C5H9ClO7S. The first-order chi connectivity index (χ1) is 5.63. The van der Waals surface area contributed by atoms with Crippen LogP contribution in [0.2, 0.25) is 0 Å². The van der Waals surface area contributed by atoms with Gasteiger partial charge >= 0.3 is 11.9 Å². The topological polar surface area (TPSA) is 129 Å². The number of aliphatic carboxylic acids is 2. The highest BCUT2D eigenvalue weighted by atomic mass is 35.5. The predicted molar refractivity (Wildman–Crippen MR) is 49.1 cm³/mol. The molecule has 9 heteroatoms. The minimum Gasteiger partial charge on any atom is -0.478 e. The summed E-state index contributed by atoms with van der Waals surface area (Å²) in [5.41, 5.74) is 0. The highest BCUT2D eigenvalue weighted by molar-refractivity contribution is 7.85. The maximum Gasteiger partial charge on any atom is 0.328 e. The average molecular weight is 249 g/mol. The molecule has 0 aliphatic heterocycles. The van der Waals surface area contributed by atoms with E-state index in [1.165, 1.54) is 0 Å². The number of hydrogen-bond acceptors (Lipinski definition) is 4. The monoisotopic (exact) mass is 248 g/mol. The molecule has 0 saturated carbocycles. The lowest BCUT2D eigenvalue weighted by molar-refractivity contribution is -0.134. The fraction of sp³-hybridized carbons (Fsp3) is 0.200. The van der Waals surface area contributed by atoms with Crippen LogP contribution in [0.25, 0.3) is 0 Å². The maximum atomic E-state index is 9.55. The maximum absolute atomic E-state index is 9.55. The number of hydrogen-bond donors (Lipinski definition) is 3. The normalized spacial score (nSPS) is 9.57. The number of rotatable bonds is 2. The summed E-state index contributed by atoms with van der Waals surface area (Å²) in [4.78, 5) is 19.1. The molecule has 0 aromatic rings. The zero-order valence-electron chi connectivity index (χ0n) is 6.95. The Bertz CT molecular complexity index is 280. The van der Waals surface area contributed by atoms with Gasteiger partial charge in [-0.25, -0.2) is 9.59 Å². The van der Waals surface area contributed by atoms with E-state index in [4.69, 9.17) is 14.8 Å². The van der Waals surface area contributed by atoms with Gasteiger partial charge in [0, 0.05) is 12.2 Å². The van der Waals surface area contributed by atoms with Gasteiger partial charge in [0.05, 0.1) is 6.26 Å². The van der Waals surface area contributed by atoms with Crippen LogP contribution in [0, 0.1) is 0 Å². The van der Waals surface area contributed by atoms with Crippen LogP contribution in [-0.4, -0.2) is 41.4 Å². The van der Waals surface area contributed by atoms with Crippen molar-refractivity contribution in [2.24, 2.45) is 0 Å². The van der Waals surface area contributed by atoms with E-state index in [2.05, 4.69) is 0 Å². The van der Waals surface area contributed by atoms with E-state index in [0.717, 1.165) is 0 Å². The molecule has 0 heterocycles. The smallest absolute Gasteiger partial charge is 0.328 e. The number of carbonyl (C=O) groups is 2. The van der Waals surface area contributed by atoms with Crippen molar-refractivity contribution in [1.82, 2.24) is 0 Å². The molecule has 0 aliphatic carbocycles. The number of carboxylic acid groups (broad SMARTS) is 2. The summed E-state index contributed by atoms with van der Waals surface area (Å²) in [5.74, 6) is -2.51. The van der Waals surface area contributed by atoms with Crippen molar-refractivity contribution < 1.29 is 32.8 Å². The van der Waals surface area contributed by atoms with E-state index < -0.39 is 22.1 Å². The fourth-order valence-electron chi connectivity index (χ4n) is 0.143. The van der Waals surface area contributed by atoms with Crippen molar-refractivity contribution in [3.8, 4) is 0 Å². The SMILES string of the molecule is CS(=O)(=O)O.Cl.O=C(O)C=CC(=O)O. The van der Waals surface area contributed by atoms with Crippen molar-refractivity contribution in [1.29, 1.82) is 0 Å². The molecule has 0 aromatic carbocycles. The van der Waals surface area contributed by atoms with Crippen molar-refractivity contribution in [2.75, 3.05) is 6.26 Å². The Hall–Kier alpha value is -1.12. The summed E-state index contributed by atoms with van der Waals surface area (Å²) in [6.45, 7) is 0. The zero-order valence-corrected chi connectivity index (χ0v) is 8.58. The van der Waals surface area contributed by atoms with Crippen molar-refractivity contribution in [3.63, 3.8) is 0 Å². The van der Waals surface area contributed by atoms with E-state index in [-0.39, 0.29) is 12.4 Å². The van der Waals surface area contributed by atoms with E-state index in [1.54, 1.807) is 0 Å². The second-order valence-corrected chi connectivity index (χ2v) is 3.21. The van der Waals surface area contributed by atoms with E-state index >= 15 is 0 Å². The summed E-state index contributed by atoms with van der Waals surface area (Å²) in [7, 11) is -3.67. The lowest BCUT2D eigenvalue weighted by Gasteiger charge is -1.74. The van der Waals surface area contributed by atoms with Gasteiger partial charge in [0.2, 0.25) is 0 Å². The summed E-state index contributed by atoms with van der Waals surface area (Å²) in [6, 6.07) is 0. The third-order valence-electron chi connectivity index (χ3n) is 0.368. The molecular weight excluding hydrogens is 240 g/mol. The van der Waals surface area contributed by atoms with Crippen molar-refractivity contribution >= 4 is 34.5 Å². The van der Waals surface area contributed by atoms with Gasteiger partial charge in [-0.15, -0.1) is 12.4 Å². The van der Waals surface area contributed by atoms with Gasteiger partial charge in [0.15, 0.2) is 0 Å². The van der Waals surface area contributed by atoms with Crippen molar-refractivity contribution in [3.05, 3.63) is 12.2 Å². The van der Waals surface area contributed by atoms with E-state index in [9.17, 15) is 18.0 Å². The summed E-state index contributed by atoms with van der Waals surface area (Å²) in [5, 5.41) is 15.6. The highest BCUT2D eigenvalue weighted by Gasteiger charge is 1.88. The molecule has 0 spiro atoms. The molecule has 0 atom stereocenters. The Morgan fingerprint density at radius 1 is 1.07 bits per heavy atom. The zero-order chi connectivity index (χ0) is 11.1. The van der Waals surface area contributed by atoms with Crippen LogP contribution in [0.1, 0.15) is 0 Å². The minimum atomic E-state index is -3.67. The third-order valence-corrected chi connectivity index (χ3v) is 0.368. The molecule has 0 aromatic heterocycles.